The lowest BCUT2D eigenvalue weighted by Crippen LogP contribution is -2.65. The number of hydrogen-bond donors (Lipinski definition) is 0. The first-order valence-corrected chi connectivity index (χ1v) is 9.89. The monoisotopic (exact) mass is 462 g/mol. The minimum absolute atomic E-state index is 0.205. The van der Waals surface area contributed by atoms with E-state index in [0.717, 1.165) is 4.47 Å². The van der Waals surface area contributed by atoms with Crippen molar-refractivity contribution in [3.63, 3.8) is 0 Å². The zero-order valence-corrected chi connectivity index (χ0v) is 18.3. The average molecular weight is 464 g/mol. The molecule has 0 N–H and O–H groups in total. The lowest BCUT2D eigenvalue weighted by molar-refractivity contribution is -0.304. The number of rotatable bonds is 5. The summed E-state index contributed by atoms with van der Waals surface area (Å²) < 4.78 is 24.0. The van der Waals surface area contributed by atoms with E-state index in [9.17, 15) is 9.59 Å². The van der Waals surface area contributed by atoms with Gasteiger partial charge in [-0.15, -0.1) is 0 Å². The van der Waals surface area contributed by atoms with E-state index >= 15 is 0 Å². The SMILES string of the molecule is CC[C@H]1O[C@H](Oc2ccc(Br)cc2Cl)[C@@](C)(OC(C)=O)[C@@H](OC(C)=O)[C@@H]1C. The molecule has 1 fully saturated rings. The van der Waals surface area contributed by atoms with Crippen molar-refractivity contribution in [2.24, 2.45) is 5.92 Å². The third-order valence-corrected chi connectivity index (χ3v) is 5.37. The molecular weight excluding hydrogens is 440 g/mol. The van der Waals surface area contributed by atoms with Gasteiger partial charge in [0.25, 0.3) is 0 Å². The number of benzene rings is 1. The van der Waals surface area contributed by atoms with Crippen LogP contribution in [0.1, 0.15) is 41.0 Å². The van der Waals surface area contributed by atoms with Crippen molar-refractivity contribution in [1.29, 1.82) is 0 Å². The molecule has 27 heavy (non-hydrogen) atoms. The maximum Gasteiger partial charge on any atom is 0.303 e. The summed E-state index contributed by atoms with van der Waals surface area (Å²) in [6, 6.07) is 5.15. The average Bonchev–Trinajstić information content (AvgIpc) is 2.55. The molecular formula is C19H24BrClO6. The summed E-state index contributed by atoms with van der Waals surface area (Å²) in [4.78, 5) is 23.5. The second-order valence-electron chi connectivity index (χ2n) is 6.77. The van der Waals surface area contributed by atoms with E-state index in [2.05, 4.69) is 15.9 Å². The maximum atomic E-state index is 11.8. The van der Waals surface area contributed by atoms with Crippen molar-refractivity contribution in [3.05, 3.63) is 27.7 Å². The fourth-order valence-electron chi connectivity index (χ4n) is 3.39. The Morgan fingerprint density at radius 2 is 1.96 bits per heavy atom. The van der Waals surface area contributed by atoms with Crippen LogP contribution >= 0.6 is 27.5 Å². The van der Waals surface area contributed by atoms with Crippen LogP contribution in [-0.2, 0) is 23.8 Å². The number of carbonyl (C=O) groups is 2. The molecule has 0 unspecified atom stereocenters. The van der Waals surface area contributed by atoms with E-state index in [4.69, 9.17) is 30.5 Å². The Kier molecular flexibility index (Phi) is 7.16. The summed E-state index contributed by atoms with van der Waals surface area (Å²) in [6.45, 7) is 8.10. The van der Waals surface area contributed by atoms with Gasteiger partial charge in [0.2, 0.25) is 11.9 Å². The summed E-state index contributed by atoms with van der Waals surface area (Å²) >= 11 is 9.61. The van der Waals surface area contributed by atoms with Crippen LogP contribution in [0.2, 0.25) is 5.02 Å². The molecule has 8 heteroatoms. The molecule has 0 saturated carbocycles. The van der Waals surface area contributed by atoms with Gasteiger partial charge >= 0.3 is 11.9 Å². The van der Waals surface area contributed by atoms with Crippen LogP contribution in [0, 0.1) is 5.92 Å². The molecule has 2 rings (SSSR count). The van der Waals surface area contributed by atoms with E-state index in [1.807, 2.05) is 13.8 Å². The van der Waals surface area contributed by atoms with E-state index in [1.165, 1.54) is 13.8 Å². The summed E-state index contributed by atoms with van der Waals surface area (Å²) in [5.74, 6) is -0.837. The van der Waals surface area contributed by atoms with E-state index in [1.54, 1.807) is 25.1 Å². The third-order valence-electron chi connectivity index (χ3n) is 4.58. The molecule has 1 aliphatic heterocycles. The zero-order valence-electron chi connectivity index (χ0n) is 16.0. The highest BCUT2D eigenvalue weighted by Crippen LogP contribution is 2.41. The predicted molar refractivity (Wildman–Crippen MR) is 104 cm³/mol. The van der Waals surface area contributed by atoms with Gasteiger partial charge in [-0.05, 0) is 31.5 Å². The fourth-order valence-corrected chi connectivity index (χ4v) is 4.10. The Balaban J connectivity index is 2.45. The Hall–Kier alpha value is -1.31. The first-order valence-electron chi connectivity index (χ1n) is 8.72. The predicted octanol–water partition coefficient (Wildman–Crippen LogP) is 4.51. The largest absolute Gasteiger partial charge is 0.459 e. The molecule has 1 aromatic rings. The highest BCUT2D eigenvalue weighted by Gasteiger charge is 2.57. The van der Waals surface area contributed by atoms with Crippen LogP contribution in [0.5, 0.6) is 5.75 Å². The van der Waals surface area contributed by atoms with Gasteiger partial charge in [0, 0.05) is 24.2 Å². The molecule has 6 nitrogen and oxygen atoms in total. The van der Waals surface area contributed by atoms with Gasteiger partial charge in [-0.1, -0.05) is 41.4 Å². The topological polar surface area (TPSA) is 71.1 Å². The van der Waals surface area contributed by atoms with E-state index in [-0.39, 0.29) is 12.0 Å². The van der Waals surface area contributed by atoms with Crippen LogP contribution < -0.4 is 4.74 Å². The fraction of sp³-hybridized carbons (Fsp3) is 0.579. The molecule has 1 saturated heterocycles. The van der Waals surface area contributed by atoms with Gasteiger partial charge in [-0.25, -0.2) is 0 Å². The Bertz CT molecular complexity index is 711. The van der Waals surface area contributed by atoms with Crippen molar-refractivity contribution in [3.8, 4) is 5.75 Å². The smallest absolute Gasteiger partial charge is 0.303 e. The van der Waals surface area contributed by atoms with Crippen LogP contribution in [0.4, 0.5) is 0 Å². The second kappa shape index (κ2) is 8.80. The molecule has 0 aliphatic carbocycles. The number of carbonyl (C=O) groups excluding carboxylic acids is 2. The molecule has 5 atom stereocenters. The Morgan fingerprint density at radius 1 is 1.30 bits per heavy atom. The van der Waals surface area contributed by atoms with Crippen molar-refractivity contribution >= 4 is 39.5 Å². The van der Waals surface area contributed by atoms with Crippen molar-refractivity contribution in [2.75, 3.05) is 0 Å². The highest BCUT2D eigenvalue weighted by atomic mass is 79.9. The molecule has 0 spiro atoms. The Labute approximate surface area is 172 Å². The lowest BCUT2D eigenvalue weighted by atomic mass is 9.81. The normalized spacial score (nSPS) is 30.5. The molecule has 1 aliphatic rings. The molecule has 0 aromatic heterocycles. The molecule has 0 bridgehead atoms. The molecule has 1 heterocycles. The quantitative estimate of drug-likeness (QED) is 0.599. The molecule has 1 aromatic carbocycles. The summed E-state index contributed by atoms with van der Waals surface area (Å²) in [6.07, 6.45) is -1.33. The van der Waals surface area contributed by atoms with Gasteiger partial charge < -0.3 is 18.9 Å². The number of ether oxygens (including phenoxy) is 4. The lowest BCUT2D eigenvalue weighted by Gasteiger charge is -2.49. The number of hydrogen-bond acceptors (Lipinski definition) is 6. The number of halogens is 2. The highest BCUT2D eigenvalue weighted by molar-refractivity contribution is 9.10. The summed E-state index contributed by atoms with van der Waals surface area (Å²) in [5.41, 5.74) is -1.35. The first-order chi connectivity index (χ1) is 12.6. The van der Waals surface area contributed by atoms with Crippen molar-refractivity contribution < 1.29 is 28.5 Å². The molecule has 150 valence electrons. The van der Waals surface area contributed by atoms with Crippen LogP contribution in [0.25, 0.3) is 0 Å². The van der Waals surface area contributed by atoms with Crippen LogP contribution in [0.3, 0.4) is 0 Å². The third kappa shape index (κ3) is 4.95. The van der Waals surface area contributed by atoms with Gasteiger partial charge in [0.1, 0.15) is 5.75 Å². The standard InChI is InChI=1S/C19H24BrClO6/c1-6-15-10(2)17(24-11(3)22)19(5,27-12(4)23)18(25-15)26-16-8-7-13(20)9-14(16)21/h7-10,15,17-18H,6H2,1-5H3/t10-,15-,17+,18-,19+/m1/s1. The van der Waals surface area contributed by atoms with E-state index < -0.39 is 29.9 Å². The number of esters is 2. The minimum Gasteiger partial charge on any atom is -0.459 e. The summed E-state index contributed by atoms with van der Waals surface area (Å²) in [7, 11) is 0. The van der Waals surface area contributed by atoms with Crippen LogP contribution in [-0.4, -0.2) is 36.0 Å². The Morgan fingerprint density at radius 3 is 2.48 bits per heavy atom. The molecule has 0 radical (unpaired) electrons. The van der Waals surface area contributed by atoms with E-state index in [0.29, 0.717) is 17.2 Å². The van der Waals surface area contributed by atoms with Crippen molar-refractivity contribution in [2.45, 2.75) is 65.1 Å². The summed E-state index contributed by atoms with van der Waals surface area (Å²) in [5, 5.41) is 0.369. The maximum absolute atomic E-state index is 11.8. The second-order valence-corrected chi connectivity index (χ2v) is 8.10. The van der Waals surface area contributed by atoms with Gasteiger partial charge in [0.15, 0.2) is 6.10 Å². The van der Waals surface area contributed by atoms with Crippen LogP contribution in [0.15, 0.2) is 22.7 Å². The molecule has 0 amide bonds. The van der Waals surface area contributed by atoms with Gasteiger partial charge in [-0.3, -0.25) is 9.59 Å². The first kappa shape index (κ1) is 22.0. The van der Waals surface area contributed by atoms with Crippen molar-refractivity contribution in [1.82, 2.24) is 0 Å². The zero-order chi connectivity index (χ0) is 20.4. The van der Waals surface area contributed by atoms with Gasteiger partial charge in [0.05, 0.1) is 11.1 Å². The minimum atomic E-state index is -1.35. The van der Waals surface area contributed by atoms with Gasteiger partial charge in [-0.2, -0.15) is 0 Å².